The van der Waals surface area contributed by atoms with Crippen LogP contribution in [-0.2, 0) is 0 Å². The van der Waals surface area contributed by atoms with Crippen LogP contribution in [0.4, 0.5) is 0 Å². The van der Waals surface area contributed by atoms with Crippen LogP contribution in [0.2, 0.25) is 0 Å². The van der Waals surface area contributed by atoms with Gasteiger partial charge in [0.25, 0.3) is 0 Å². The summed E-state index contributed by atoms with van der Waals surface area (Å²) in [6.45, 7) is 1.61. The molecule has 3 heteroatoms. The van der Waals surface area contributed by atoms with Crippen molar-refractivity contribution in [3.05, 3.63) is 0 Å². The van der Waals surface area contributed by atoms with Crippen molar-refractivity contribution in [3.8, 4) is 18.2 Å². The van der Waals surface area contributed by atoms with Crippen LogP contribution in [-0.4, -0.2) is 0 Å². The summed E-state index contributed by atoms with van der Waals surface area (Å²) in [4.78, 5) is 0. The number of hydrogen-bond donors (Lipinski definition) is 0. The molecule has 0 aliphatic rings. The lowest BCUT2D eigenvalue weighted by atomic mass is 9.86. The number of rotatable bonds is 2. The van der Waals surface area contributed by atoms with Crippen molar-refractivity contribution >= 4 is 0 Å². The Hall–Kier alpha value is -1.53. The standard InChI is InChI=1S/C7H7N3/c1-7(6-10,2-4-8)3-5-9/h2-3H2,1H3. The monoisotopic (exact) mass is 133 g/mol. The van der Waals surface area contributed by atoms with Crippen LogP contribution < -0.4 is 0 Å². The van der Waals surface area contributed by atoms with Gasteiger partial charge in [0.2, 0.25) is 0 Å². The third kappa shape index (κ3) is 2.16. The van der Waals surface area contributed by atoms with Gasteiger partial charge in [0, 0.05) is 0 Å². The summed E-state index contributed by atoms with van der Waals surface area (Å²) in [6, 6.07) is 5.68. The fourth-order valence-corrected chi connectivity index (χ4v) is 0.491. The summed E-state index contributed by atoms with van der Waals surface area (Å²) < 4.78 is 0. The summed E-state index contributed by atoms with van der Waals surface area (Å²) in [5.41, 5.74) is -0.774. The van der Waals surface area contributed by atoms with Gasteiger partial charge in [-0.15, -0.1) is 0 Å². The molecule has 0 heterocycles. The molecular weight excluding hydrogens is 126 g/mol. The maximum Gasteiger partial charge on any atom is 0.0804 e. The van der Waals surface area contributed by atoms with E-state index in [0.29, 0.717) is 0 Å². The smallest absolute Gasteiger partial charge is 0.0804 e. The van der Waals surface area contributed by atoms with Gasteiger partial charge in [-0.25, -0.2) is 0 Å². The lowest BCUT2D eigenvalue weighted by molar-refractivity contribution is 0.466. The first-order valence-corrected chi connectivity index (χ1v) is 2.84. The Balaban J connectivity index is 4.18. The molecular formula is C7H7N3. The molecule has 0 saturated heterocycles. The first-order chi connectivity index (χ1) is 4.68. The van der Waals surface area contributed by atoms with Gasteiger partial charge in [-0.3, -0.25) is 0 Å². The third-order valence-electron chi connectivity index (χ3n) is 1.21. The molecule has 10 heavy (non-hydrogen) atoms. The highest BCUT2D eigenvalue weighted by Crippen LogP contribution is 2.22. The first kappa shape index (κ1) is 8.47. The van der Waals surface area contributed by atoms with Crippen molar-refractivity contribution < 1.29 is 0 Å². The van der Waals surface area contributed by atoms with E-state index < -0.39 is 5.41 Å². The zero-order chi connectivity index (χ0) is 8.04. The molecule has 0 aliphatic carbocycles. The molecule has 0 aromatic rings. The van der Waals surface area contributed by atoms with Crippen LogP contribution in [0.5, 0.6) is 0 Å². The summed E-state index contributed by atoms with van der Waals surface area (Å²) >= 11 is 0. The summed E-state index contributed by atoms with van der Waals surface area (Å²) in [7, 11) is 0. The van der Waals surface area contributed by atoms with Crippen molar-refractivity contribution in [2.45, 2.75) is 19.8 Å². The normalized spacial score (nSPS) is 9.00. The third-order valence-corrected chi connectivity index (χ3v) is 1.21. The highest BCUT2D eigenvalue weighted by molar-refractivity contribution is 5.04. The molecule has 0 unspecified atom stereocenters. The Morgan fingerprint density at radius 3 is 1.70 bits per heavy atom. The quantitative estimate of drug-likeness (QED) is 0.570. The summed E-state index contributed by atoms with van der Waals surface area (Å²) in [5.74, 6) is 0. The fraction of sp³-hybridized carbons (Fsp3) is 0.571. The molecule has 0 aliphatic heterocycles. The van der Waals surface area contributed by atoms with E-state index >= 15 is 0 Å². The molecule has 0 atom stereocenters. The molecule has 0 saturated carbocycles. The molecule has 0 rings (SSSR count). The van der Waals surface area contributed by atoms with Gasteiger partial charge in [-0.1, -0.05) is 0 Å². The van der Waals surface area contributed by atoms with E-state index in [4.69, 9.17) is 15.8 Å². The van der Waals surface area contributed by atoms with Gasteiger partial charge in [0.1, 0.15) is 0 Å². The van der Waals surface area contributed by atoms with Gasteiger partial charge in [0.15, 0.2) is 0 Å². The maximum atomic E-state index is 8.50. The second kappa shape index (κ2) is 3.49. The van der Waals surface area contributed by atoms with Crippen LogP contribution in [0.3, 0.4) is 0 Å². The molecule has 0 spiro atoms. The van der Waals surface area contributed by atoms with Crippen LogP contribution in [0.1, 0.15) is 19.8 Å². The highest BCUT2D eigenvalue weighted by Gasteiger charge is 2.22. The van der Waals surface area contributed by atoms with E-state index in [2.05, 4.69) is 0 Å². The Morgan fingerprint density at radius 2 is 1.50 bits per heavy atom. The van der Waals surface area contributed by atoms with Crippen LogP contribution >= 0.6 is 0 Å². The zero-order valence-electron chi connectivity index (χ0n) is 5.76. The minimum absolute atomic E-state index is 0.122. The molecule has 0 bridgehead atoms. The molecule has 0 radical (unpaired) electrons. The summed E-state index contributed by atoms with van der Waals surface area (Å²) in [6.07, 6.45) is 0.244. The minimum Gasteiger partial charge on any atom is -0.198 e. The number of nitrogens with zero attached hydrogens (tertiary/aromatic N) is 3. The Kier molecular flexibility index (Phi) is 2.95. The molecule has 0 N–H and O–H groups in total. The Labute approximate surface area is 60.1 Å². The van der Waals surface area contributed by atoms with Gasteiger partial charge in [-0.2, -0.15) is 15.8 Å². The average molecular weight is 133 g/mol. The van der Waals surface area contributed by atoms with E-state index in [9.17, 15) is 0 Å². The van der Waals surface area contributed by atoms with Gasteiger partial charge in [-0.05, 0) is 6.92 Å². The van der Waals surface area contributed by atoms with Gasteiger partial charge in [0.05, 0.1) is 36.5 Å². The molecule has 0 aromatic heterocycles. The molecule has 0 aromatic carbocycles. The first-order valence-electron chi connectivity index (χ1n) is 2.84. The van der Waals surface area contributed by atoms with Crippen molar-refractivity contribution in [3.63, 3.8) is 0 Å². The van der Waals surface area contributed by atoms with Gasteiger partial charge < -0.3 is 0 Å². The number of nitriles is 3. The maximum absolute atomic E-state index is 8.50. The van der Waals surface area contributed by atoms with Crippen molar-refractivity contribution in [1.82, 2.24) is 0 Å². The number of hydrogen-bond acceptors (Lipinski definition) is 3. The van der Waals surface area contributed by atoms with E-state index in [0.717, 1.165) is 0 Å². The lowest BCUT2D eigenvalue weighted by Crippen LogP contribution is -2.11. The minimum atomic E-state index is -0.774. The molecule has 50 valence electrons. The van der Waals surface area contributed by atoms with E-state index in [1.807, 2.05) is 18.2 Å². The second-order valence-electron chi connectivity index (χ2n) is 2.34. The van der Waals surface area contributed by atoms with E-state index in [1.165, 1.54) is 0 Å². The van der Waals surface area contributed by atoms with Gasteiger partial charge >= 0.3 is 0 Å². The Bertz CT molecular complexity index is 207. The fourth-order valence-electron chi connectivity index (χ4n) is 0.491. The predicted molar refractivity (Wildman–Crippen MR) is 34.2 cm³/mol. The van der Waals surface area contributed by atoms with Crippen LogP contribution in [0, 0.1) is 39.4 Å². The van der Waals surface area contributed by atoms with Crippen molar-refractivity contribution in [2.24, 2.45) is 5.41 Å². The second-order valence-corrected chi connectivity index (χ2v) is 2.34. The Morgan fingerprint density at radius 1 is 1.10 bits per heavy atom. The zero-order valence-corrected chi connectivity index (χ0v) is 5.76. The van der Waals surface area contributed by atoms with E-state index in [-0.39, 0.29) is 12.8 Å². The van der Waals surface area contributed by atoms with Crippen molar-refractivity contribution in [1.29, 1.82) is 15.8 Å². The highest BCUT2D eigenvalue weighted by atomic mass is 14.4. The van der Waals surface area contributed by atoms with Crippen LogP contribution in [0.15, 0.2) is 0 Å². The lowest BCUT2D eigenvalue weighted by Gasteiger charge is -2.11. The van der Waals surface area contributed by atoms with E-state index in [1.54, 1.807) is 6.92 Å². The topological polar surface area (TPSA) is 71.4 Å². The largest absolute Gasteiger partial charge is 0.198 e. The van der Waals surface area contributed by atoms with Crippen LogP contribution in [0.25, 0.3) is 0 Å². The molecule has 0 fully saturated rings. The predicted octanol–water partition coefficient (Wildman–Crippen LogP) is 1.34. The molecule has 3 nitrogen and oxygen atoms in total. The SMILES string of the molecule is CC(C#N)(CC#N)CC#N. The van der Waals surface area contributed by atoms with Crippen molar-refractivity contribution in [2.75, 3.05) is 0 Å². The molecule has 0 amide bonds. The average Bonchev–Trinajstić information content (AvgIpc) is 1.89. The summed E-state index contributed by atoms with van der Waals surface area (Å²) in [5, 5.41) is 25.0.